The summed E-state index contributed by atoms with van der Waals surface area (Å²) in [6.07, 6.45) is 0.352. The molecule has 7 heteroatoms. The Labute approximate surface area is 135 Å². The number of nitrogens with zero attached hydrogens (tertiary/aromatic N) is 2. The summed E-state index contributed by atoms with van der Waals surface area (Å²) in [6, 6.07) is 1.97. The van der Waals surface area contributed by atoms with E-state index in [2.05, 4.69) is 26.3 Å². The van der Waals surface area contributed by atoms with Crippen LogP contribution in [-0.2, 0) is 13.5 Å². The first kappa shape index (κ1) is 16.4. The molecule has 0 amide bonds. The maximum absolute atomic E-state index is 14.1. The molecule has 0 fully saturated rings. The van der Waals surface area contributed by atoms with Crippen molar-refractivity contribution >= 4 is 27.5 Å². The SMILES string of the molecule is CNC(Cc1c(C)nn(C)c1Cl)c1c(F)cc(Br)cc1F. The van der Waals surface area contributed by atoms with Gasteiger partial charge in [0.2, 0.25) is 0 Å². The van der Waals surface area contributed by atoms with E-state index in [0.717, 1.165) is 11.3 Å². The molecule has 0 aliphatic rings. The smallest absolute Gasteiger partial charge is 0.132 e. The largest absolute Gasteiger partial charge is 0.313 e. The van der Waals surface area contributed by atoms with Crippen LogP contribution >= 0.6 is 27.5 Å². The van der Waals surface area contributed by atoms with Gasteiger partial charge in [-0.05, 0) is 32.5 Å². The van der Waals surface area contributed by atoms with Gasteiger partial charge in [0.05, 0.1) is 5.69 Å². The molecule has 1 heterocycles. The zero-order valence-corrected chi connectivity index (χ0v) is 14.2. The summed E-state index contributed by atoms with van der Waals surface area (Å²) in [4.78, 5) is 0. The van der Waals surface area contributed by atoms with Crippen LogP contribution in [0.4, 0.5) is 8.78 Å². The van der Waals surface area contributed by atoms with Crippen LogP contribution in [0.25, 0.3) is 0 Å². The van der Waals surface area contributed by atoms with Crippen LogP contribution in [0.3, 0.4) is 0 Å². The van der Waals surface area contributed by atoms with Gasteiger partial charge in [0.15, 0.2) is 0 Å². The highest BCUT2D eigenvalue weighted by Gasteiger charge is 2.23. The number of hydrogen-bond acceptors (Lipinski definition) is 2. The summed E-state index contributed by atoms with van der Waals surface area (Å²) in [7, 11) is 3.39. The molecule has 0 aliphatic carbocycles. The van der Waals surface area contributed by atoms with Gasteiger partial charge in [0.1, 0.15) is 16.8 Å². The van der Waals surface area contributed by atoms with E-state index in [1.165, 1.54) is 12.1 Å². The highest BCUT2D eigenvalue weighted by Crippen LogP contribution is 2.30. The minimum Gasteiger partial charge on any atom is -0.313 e. The molecule has 0 radical (unpaired) electrons. The van der Waals surface area contributed by atoms with Crippen LogP contribution in [0.2, 0.25) is 5.15 Å². The Morgan fingerprint density at radius 1 is 1.38 bits per heavy atom. The second-order valence-electron chi connectivity index (χ2n) is 4.81. The van der Waals surface area contributed by atoms with E-state index in [9.17, 15) is 8.78 Å². The van der Waals surface area contributed by atoms with Crippen LogP contribution in [0, 0.1) is 18.6 Å². The summed E-state index contributed by atoms with van der Waals surface area (Å²) in [5.74, 6) is -1.20. The second-order valence-corrected chi connectivity index (χ2v) is 6.08. The number of likely N-dealkylation sites (N-methyl/N-ethyl adjacent to an activating group) is 1. The lowest BCUT2D eigenvalue weighted by Gasteiger charge is -2.18. The lowest BCUT2D eigenvalue weighted by Crippen LogP contribution is -2.22. The van der Waals surface area contributed by atoms with E-state index >= 15 is 0 Å². The van der Waals surface area contributed by atoms with Crippen molar-refractivity contribution in [3.05, 3.63) is 50.2 Å². The highest BCUT2D eigenvalue weighted by atomic mass is 79.9. The lowest BCUT2D eigenvalue weighted by molar-refractivity contribution is 0.488. The third kappa shape index (κ3) is 3.27. The molecule has 0 saturated carbocycles. The van der Waals surface area contributed by atoms with Crippen molar-refractivity contribution in [3.8, 4) is 0 Å². The van der Waals surface area contributed by atoms with E-state index in [4.69, 9.17) is 11.6 Å². The van der Waals surface area contributed by atoms with Gasteiger partial charge >= 0.3 is 0 Å². The van der Waals surface area contributed by atoms with E-state index in [1.807, 2.05) is 6.92 Å². The minimum atomic E-state index is -0.598. The molecule has 3 nitrogen and oxygen atoms in total. The Bertz CT molecular complexity index is 649. The molecule has 114 valence electrons. The molecule has 0 spiro atoms. The third-order valence-electron chi connectivity index (χ3n) is 3.42. The Morgan fingerprint density at radius 2 is 1.95 bits per heavy atom. The number of aromatic nitrogens is 2. The van der Waals surface area contributed by atoms with Gasteiger partial charge in [-0.15, -0.1) is 0 Å². The van der Waals surface area contributed by atoms with Crippen molar-refractivity contribution in [1.29, 1.82) is 0 Å². The summed E-state index contributed by atoms with van der Waals surface area (Å²) in [6.45, 7) is 1.82. The Morgan fingerprint density at radius 3 is 2.38 bits per heavy atom. The molecule has 0 bridgehead atoms. The number of hydrogen-bond donors (Lipinski definition) is 1. The number of aryl methyl sites for hydroxylation is 2. The molecule has 1 aromatic heterocycles. The summed E-state index contributed by atoms with van der Waals surface area (Å²) in [5.41, 5.74) is 1.53. The molecule has 21 heavy (non-hydrogen) atoms. The average Bonchev–Trinajstić information content (AvgIpc) is 2.62. The van der Waals surface area contributed by atoms with E-state index in [-0.39, 0.29) is 5.56 Å². The van der Waals surface area contributed by atoms with Crippen LogP contribution < -0.4 is 5.32 Å². The zero-order chi connectivity index (χ0) is 15.7. The first-order chi connectivity index (χ1) is 9.85. The predicted octanol–water partition coefficient (Wildman–Crippen LogP) is 3.93. The normalized spacial score (nSPS) is 12.7. The fourth-order valence-electron chi connectivity index (χ4n) is 2.34. The fourth-order valence-corrected chi connectivity index (χ4v) is 3.00. The monoisotopic (exact) mass is 377 g/mol. The van der Waals surface area contributed by atoms with Crippen LogP contribution in [0.1, 0.15) is 22.9 Å². The number of nitrogens with one attached hydrogen (secondary N) is 1. The summed E-state index contributed by atoms with van der Waals surface area (Å²) < 4.78 is 30.1. The van der Waals surface area contributed by atoms with Crippen molar-refractivity contribution < 1.29 is 8.78 Å². The van der Waals surface area contributed by atoms with Crippen molar-refractivity contribution in [1.82, 2.24) is 15.1 Å². The minimum absolute atomic E-state index is 0.0000183. The fraction of sp³-hybridized carbons (Fsp3) is 0.357. The number of benzene rings is 1. The Kier molecular flexibility index (Phi) is 5.01. The van der Waals surface area contributed by atoms with Gasteiger partial charge in [0, 0.05) is 28.7 Å². The van der Waals surface area contributed by atoms with E-state index in [0.29, 0.717) is 16.0 Å². The first-order valence-corrected chi connectivity index (χ1v) is 7.52. The topological polar surface area (TPSA) is 29.9 Å². The molecule has 0 aliphatic heterocycles. The van der Waals surface area contributed by atoms with Gasteiger partial charge in [-0.3, -0.25) is 4.68 Å². The molecule has 2 rings (SSSR count). The van der Waals surface area contributed by atoms with Gasteiger partial charge < -0.3 is 5.32 Å². The van der Waals surface area contributed by atoms with Gasteiger partial charge in [-0.1, -0.05) is 27.5 Å². The van der Waals surface area contributed by atoms with Gasteiger partial charge in [0.25, 0.3) is 0 Å². The van der Waals surface area contributed by atoms with E-state index < -0.39 is 17.7 Å². The van der Waals surface area contributed by atoms with Crippen LogP contribution in [-0.4, -0.2) is 16.8 Å². The van der Waals surface area contributed by atoms with Crippen LogP contribution in [0.15, 0.2) is 16.6 Å². The van der Waals surface area contributed by atoms with Crippen molar-refractivity contribution in [3.63, 3.8) is 0 Å². The lowest BCUT2D eigenvalue weighted by atomic mass is 9.98. The maximum atomic E-state index is 14.1. The highest BCUT2D eigenvalue weighted by molar-refractivity contribution is 9.10. The Balaban J connectivity index is 2.41. The average molecular weight is 379 g/mol. The van der Waals surface area contributed by atoms with Crippen LogP contribution in [0.5, 0.6) is 0 Å². The Hall–Kier alpha value is -0.980. The second kappa shape index (κ2) is 6.42. The maximum Gasteiger partial charge on any atom is 0.132 e. The molecule has 0 saturated heterocycles. The standard InChI is InChI=1S/C14H15BrClF2N3/c1-7-9(14(16)21(3)20-7)6-12(19-2)13-10(17)4-8(15)5-11(13)18/h4-5,12,19H,6H2,1-3H3. The molecular formula is C14H15BrClF2N3. The predicted molar refractivity (Wildman–Crippen MR) is 82.5 cm³/mol. The number of halogens is 4. The number of rotatable bonds is 4. The molecular weight excluding hydrogens is 364 g/mol. The van der Waals surface area contributed by atoms with Crippen molar-refractivity contribution in [2.24, 2.45) is 7.05 Å². The molecule has 1 unspecified atom stereocenters. The zero-order valence-electron chi connectivity index (χ0n) is 11.8. The third-order valence-corrected chi connectivity index (χ3v) is 4.35. The molecule has 1 aromatic carbocycles. The molecule has 1 atom stereocenters. The van der Waals surface area contributed by atoms with Crippen molar-refractivity contribution in [2.75, 3.05) is 7.05 Å². The quantitative estimate of drug-likeness (QED) is 0.874. The van der Waals surface area contributed by atoms with Gasteiger partial charge in [-0.25, -0.2) is 8.78 Å². The van der Waals surface area contributed by atoms with E-state index in [1.54, 1.807) is 18.8 Å². The molecule has 2 aromatic rings. The van der Waals surface area contributed by atoms with Gasteiger partial charge in [-0.2, -0.15) is 5.10 Å². The van der Waals surface area contributed by atoms with Crippen molar-refractivity contribution in [2.45, 2.75) is 19.4 Å². The molecule has 1 N–H and O–H groups in total. The summed E-state index contributed by atoms with van der Waals surface area (Å²) >= 11 is 9.26. The first-order valence-electron chi connectivity index (χ1n) is 6.34. The summed E-state index contributed by atoms with van der Waals surface area (Å²) in [5, 5.41) is 7.63.